The molecule has 0 spiro atoms. The molecule has 1 aromatic rings. The van der Waals surface area contributed by atoms with Crippen LogP contribution in [0.5, 0.6) is 0 Å². The number of hydrogen-bond donors (Lipinski definition) is 0. The van der Waals surface area contributed by atoms with E-state index in [2.05, 4.69) is 0 Å². The maximum Gasteiger partial charge on any atom is 0.337 e. The first-order valence-electron chi connectivity index (χ1n) is 8.33. The zero-order valence-electron chi connectivity index (χ0n) is 13.6. The first-order chi connectivity index (χ1) is 11.5. The number of amides is 1. The van der Waals surface area contributed by atoms with Crippen LogP contribution < -0.4 is 0 Å². The summed E-state index contributed by atoms with van der Waals surface area (Å²) < 4.78 is 5.12. The Morgan fingerprint density at radius 2 is 2.04 bits per heavy atom. The third-order valence-electron chi connectivity index (χ3n) is 5.03. The molecule has 4 atom stereocenters. The minimum Gasteiger partial charge on any atom is -0.464 e. The van der Waals surface area contributed by atoms with Crippen molar-refractivity contribution in [3.63, 3.8) is 0 Å². The van der Waals surface area contributed by atoms with Gasteiger partial charge in [-0.15, -0.1) is 11.6 Å². The second kappa shape index (κ2) is 6.93. The van der Waals surface area contributed by atoms with Crippen LogP contribution in [0.25, 0.3) is 0 Å². The number of likely N-dealkylation sites (tertiary alicyclic amines) is 1. The van der Waals surface area contributed by atoms with Gasteiger partial charge in [-0.2, -0.15) is 0 Å². The minimum absolute atomic E-state index is 0.0685. The lowest BCUT2D eigenvalue weighted by Crippen LogP contribution is -2.66. The smallest absolute Gasteiger partial charge is 0.337 e. The Hall–Kier alpha value is -1.26. The van der Waals surface area contributed by atoms with Gasteiger partial charge >= 0.3 is 5.97 Å². The number of fused-ring (bicyclic) bond motifs is 2. The Labute approximate surface area is 152 Å². The van der Waals surface area contributed by atoms with Gasteiger partial charge in [0.1, 0.15) is 0 Å². The summed E-state index contributed by atoms with van der Waals surface area (Å²) in [6.45, 7) is 2.33. The summed E-state index contributed by atoms with van der Waals surface area (Å²) in [5.41, 5.74) is 1.01. The van der Waals surface area contributed by atoms with Gasteiger partial charge in [0.05, 0.1) is 6.61 Å². The lowest BCUT2D eigenvalue weighted by Gasteiger charge is -2.51. The van der Waals surface area contributed by atoms with Crippen molar-refractivity contribution in [3.8, 4) is 0 Å². The van der Waals surface area contributed by atoms with Gasteiger partial charge < -0.3 is 9.64 Å². The predicted molar refractivity (Wildman–Crippen MR) is 93.0 cm³/mol. The molecule has 2 bridgehead atoms. The average Bonchev–Trinajstić information content (AvgIpc) is 2.59. The minimum atomic E-state index is -1.71. The first-order valence-corrected chi connectivity index (χ1v) is 9.15. The number of halogens is 2. The van der Waals surface area contributed by atoms with Gasteiger partial charge in [-0.25, -0.2) is 4.79 Å². The van der Waals surface area contributed by atoms with Crippen LogP contribution in [0.3, 0.4) is 0 Å². The van der Waals surface area contributed by atoms with Crippen molar-refractivity contribution in [2.24, 2.45) is 5.92 Å². The van der Waals surface area contributed by atoms with Crippen LogP contribution in [0.15, 0.2) is 30.3 Å². The highest BCUT2D eigenvalue weighted by molar-refractivity contribution is 6.46. The van der Waals surface area contributed by atoms with Crippen LogP contribution in [-0.2, 0) is 20.9 Å². The second-order valence-electron chi connectivity index (χ2n) is 6.44. The molecule has 0 radical (unpaired) electrons. The van der Waals surface area contributed by atoms with Crippen molar-refractivity contribution in [1.82, 2.24) is 4.90 Å². The van der Waals surface area contributed by atoms with Gasteiger partial charge in [0.25, 0.3) is 5.91 Å². The zero-order valence-corrected chi connectivity index (χ0v) is 15.1. The predicted octanol–water partition coefficient (Wildman–Crippen LogP) is 3.35. The number of piperidine rings is 1. The number of nitrogens with zero attached hydrogens (tertiary/aromatic N) is 1. The summed E-state index contributed by atoms with van der Waals surface area (Å²) in [5.74, 6) is -1.44. The van der Waals surface area contributed by atoms with Crippen LogP contribution in [0.2, 0.25) is 0 Å². The number of carbonyl (C=O) groups excluding carboxylic acids is 2. The number of hydrogen-bond acceptors (Lipinski definition) is 3. The molecule has 2 aliphatic rings. The topological polar surface area (TPSA) is 46.6 Å². The van der Waals surface area contributed by atoms with Crippen LogP contribution >= 0.6 is 23.2 Å². The monoisotopic (exact) mass is 369 g/mol. The molecule has 4 nitrogen and oxygen atoms in total. The summed E-state index contributed by atoms with van der Waals surface area (Å²) >= 11 is 13.0. The molecule has 1 aromatic carbocycles. The molecular formula is C18H21Cl2NO3. The Bertz CT molecular complexity index is 624. The van der Waals surface area contributed by atoms with Crippen LogP contribution in [0, 0.1) is 5.92 Å². The van der Waals surface area contributed by atoms with Gasteiger partial charge in [-0.1, -0.05) is 41.9 Å². The number of esters is 1. The Kier molecular flexibility index (Phi) is 5.07. The van der Waals surface area contributed by atoms with E-state index in [1.807, 2.05) is 30.3 Å². The van der Waals surface area contributed by atoms with Gasteiger partial charge in [0.2, 0.25) is 4.87 Å². The fraction of sp³-hybridized carbons (Fsp3) is 0.556. The molecule has 1 saturated heterocycles. The molecule has 1 aliphatic heterocycles. The highest BCUT2D eigenvalue weighted by Crippen LogP contribution is 2.47. The van der Waals surface area contributed by atoms with E-state index in [0.717, 1.165) is 18.4 Å². The van der Waals surface area contributed by atoms with Gasteiger partial charge in [-0.3, -0.25) is 4.79 Å². The summed E-state index contributed by atoms with van der Waals surface area (Å²) in [6, 6.07) is 9.79. The van der Waals surface area contributed by atoms with E-state index in [1.54, 1.807) is 11.8 Å². The largest absolute Gasteiger partial charge is 0.464 e. The molecule has 130 valence electrons. The van der Waals surface area contributed by atoms with Crippen molar-refractivity contribution >= 4 is 35.1 Å². The Morgan fingerprint density at radius 3 is 2.71 bits per heavy atom. The summed E-state index contributed by atoms with van der Waals surface area (Å²) in [4.78, 5) is 25.7. The Balaban J connectivity index is 1.93. The highest BCUT2D eigenvalue weighted by Gasteiger charge is 2.61. The molecule has 1 amide bonds. The highest BCUT2D eigenvalue weighted by atomic mass is 35.5. The van der Waals surface area contributed by atoms with Crippen molar-refractivity contribution in [3.05, 3.63) is 35.9 Å². The van der Waals surface area contributed by atoms with Gasteiger partial charge in [0, 0.05) is 23.9 Å². The van der Waals surface area contributed by atoms with Crippen molar-refractivity contribution in [1.29, 1.82) is 0 Å². The lowest BCUT2D eigenvalue weighted by molar-refractivity contribution is -0.162. The maximum absolute atomic E-state index is 13.2. The first kappa shape index (κ1) is 17.6. The van der Waals surface area contributed by atoms with E-state index in [1.165, 1.54) is 0 Å². The molecule has 0 aromatic heterocycles. The molecule has 24 heavy (non-hydrogen) atoms. The average molecular weight is 370 g/mol. The molecule has 2 fully saturated rings. The van der Waals surface area contributed by atoms with E-state index in [4.69, 9.17) is 27.9 Å². The normalized spacial score (nSPS) is 32.5. The summed E-state index contributed by atoms with van der Waals surface area (Å²) in [5, 5.41) is -0.286. The quantitative estimate of drug-likeness (QED) is 0.464. The van der Waals surface area contributed by atoms with Gasteiger partial charge in [-0.05, 0) is 31.7 Å². The fourth-order valence-electron chi connectivity index (χ4n) is 3.80. The number of carbonyl (C=O) groups is 2. The molecule has 1 heterocycles. The molecule has 3 rings (SSSR count). The SMILES string of the molecule is CCOC(=O)[C@]1(Cl)C(=O)N(Cc2ccccc2)[C@H]2CC[C@H](Cl)[C@@H]1C2. The number of alkyl halides is 2. The van der Waals surface area contributed by atoms with Crippen LogP contribution in [0.4, 0.5) is 0 Å². The van der Waals surface area contributed by atoms with E-state index < -0.39 is 16.8 Å². The lowest BCUT2D eigenvalue weighted by atomic mass is 9.72. The van der Waals surface area contributed by atoms with Gasteiger partial charge in [0.15, 0.2) is 0 Å². The summed E-state index contributed by atoms with van der Waals surface area (Å²) in [6.07, 6.45) is 2.21. The third kappa shape index (κ3) is 2.91. The molecular weight excluding hydrogens is 349 g/mol. The fourth-order valence-corrected chi connectivity index (χ4v) is 4.68. The summed E-state index contributed by atoms with van der Waals surface area (Å²) in [7, 11) is 0. The molecule has 1 aliphatic carbocycles. The number of benzene rings is 1. The van der Waals surface area contributed by atoms with Crippen LogP contribution in [0.1, 0.15) is 31.7 Å². The van der Waals surface area contributed by atoms with Crippen molar-refractivity contribution in [2.45, 2.75) is 49.0 Å². The van der Waals surface area contributed by atoms with Crippen molar-refractivity contribution < 1.29 is 14.3 Å². The number of rotatable bonds is 4. The molecule has 1 saturated carbocycles. The standard InChI is InChI=1S/C18H21Cl2NO3/c1-2-24-17(23)18(20)14-10-13(8-9-15(14)19)21(16(18)22)11-12-6-4-3-5-7-12/h3-7,13-15H,2,8-11H2,1H3/t13-,14-,15-,18+/m0/s1. The molecule has 6 heteroatoms. The van der Waals surface area contributed by atoms with E-state index in [-0.39, 0.29) is 23.9 Å². The Morgan fingerprint density at radius 1 is 1.33 bits per heavy atom. The third-order valence-corrected chi connectivity index (χ3v) is 6.15. The number of ether oxygens (including phenoxy) is 1. The molecule has 0 unspecified atom stereocenters. The van der Waals surface area contributed by atoms with E-state index in [9.17, 15) is 9.59 Å². The molecule has 0 N–H and O–H groups in total. The van der Waals surface area contributed by atoms with Crippen LogP contribution in [-0.4, -0.2) is 39.7 Å². The van der Waals surface area contributed by atoms with E-state index in [0.29, 0.717) is 13.0 Å². The van der Waals surface area contributed by atoms with E-state index >= 15 is 0 Å². The zero-order chi connectivity index (χ0) is 17.3. The second-order valence-corrected chi connectivity index (χ2v) is 7.60. The maximum atomic E-state index is 13.2. The van der Waals surface area contributed by atoms with Crippen molar-refractivity contribution in [2.75, 3.05) is 6.61 Å².